The van der Waals surface area contributed by atoms with E-state index in [0.29, 0.717) is 66.4 Å². The van der Waals surface area contributed by atoms with E-state index in [0.717, 1.165) is 11.0 Å². The molecule has 0 amide bonds. The fourth-order valence-electron chi connectivity index (χ4n) is 5.48. The second kappa shape index (κ2) is 9.16. The minimum atomic E-state index is -2.82. The smallest absolute Gasteiger partial charge is 0.298 e. The first-order chi connectivity index (χ1) is 18.6. The van der Waals surface area contributed by atoms with Crippen molar-refractivity contribution in [3.8, 4) is 6.01 Å². The van der Waals surface area contributed by atoms with Gasteiger partial charge in [-0.2, -0.15) is 4.98 Å². The van der Waals surface area contributed by atoms with Crippen LogP contribution in [-0.2, 0) is 4.74 Å². The van der Waals surface area contributed by atoms with Gasteiger partial charge in [-0.1, -0.05) is 24.3 Å². The van der Waals surface area contributed by atoms with Crippen molar-refractivity contribution in [2.45, 2.75) is 37.6 Å². The summed E-state index contributed by atoms with van der Waals surface area (Å²) >= 11 is 0. The summed E-state index contributed by atoms with van der Waals surface area (Å²) in [6.07, 6.45) is -3.21. The van der Waals surface area contributed by atoms with E-state index < -0.39 is 24.5 Å². The Morgan fingerprint density at radius 3 is 2.71 bits per heavy atom. The number of para-hydroxylation sites is 3. The van der Waals surface area contributed by atoms with Crippen LogP contribution >= 0.6 is 0 Å². The molecular weight excluding hydrogens is 499 g/mol. The van der Waals surface area contributed by atoms with Gasteiger partial charge in [0, 0.05) is 25.0 Å². The molecule has 1 unspecified atom stereocenters. The Bertz CT molecular complexity index is 1640. The number of hydrogen-bond donors (Lipinski definition) is 0. The zero-order valence-electron chi connectivity index (χ0n) is 20.3. The maximum Gasteiger partial charge on any atom is 0.298 e. The van der Waals surface area contributed by atoms with Crippen LogP contribution in [0.2, 0.25) is 0 Å². The number of alkyl halides is 3. The van der Waals surface area contributed by atoms with E-state index in [1.807, 2.05) is 45.9 Å². The Kier molecular flexibility index (Phi) is 5.61. The van der Waals surface area contributed by atoms with Crippen molar-refractivity contribution in [2.24, 2.45) is 0 Å². The second-order valence-corrected chi connectivity index (χ2v) is 9.66. The van der Waals surface area contributed by atoms with Gasteiger partial charge in [-0.3, -0.25) is 4.57 Å². The lowest BCUT2D eigenvalue weighted by Crippen LogP contribution is -2.32. The molecule has 0 aliphatic carbocycles. The van der Waals surface area contributed by atoms with Crippen LogP contribution < -0.4 is 9.64 Å². The van der Waals surface area contributed by atoms with Crippen molar-refractivity contribution in [2.75, 3.05) is 31.2 Å². The van der Waals surface area contributed by atoms with E-state index in [9.17, 15) is 13.2 Å². The Hall–Kier alpha value is -3.86. The van der Waals surface area contributed by atoms with Gasteiger partial charge >= 0.3 is 0 Å². The molecule has 3 aromatic heterocycles. The fourth-order valence-corrected chi connectivity index (χ4v) is 5.48. The Morgan fingerprint density at radius 2 is 1.84 bits per heavy atom. The van der Waals surface area contributed by atoms with Gasteiger partial charge in [-0.15, -0.1) is 0 Å². The van der Waals surface area contributed by atoms with E-state index in [4.69, 9.17) is 13.9 Å². The molecule has 38 heavy (non-hydrogen) atoms. The van der Waals surface area contributed by atoms with Crippen LogP contribution in [0.5, 0.6) is 6.01 Å². The number of rotatable bonds is 5. The summed E-state index contributed by atoms with van der Waals surface area (Å²) in [4.78, 5) is 14.8. The van der Waals surface area contributed by atoms with Crippen molar-refractivity contribution >= 4 is 38.9 Å². The predicted octanol–water partition coefficient (Wildman–Crippen LogP) is 5.62. The molecule has 5 aromatic rings. The number of anilines is 1. The van der Waals surface area contributed by atoms with Gasteiger partial charge in [-0.25, -0.2) is 23.1 Å². The molecule has 11 heteroatoms. The van der Waals surface area contributed by atoms with Gasteiger partial charge < -0.3 is 18.8 Å². The molecule has 2 aliphatic rings. The summed E-state index contributed by atoms with van der Waals surface area (Å²) < 4.78 is 61.9. The minimum Gasteiger partial charge on any atom is -0.459 e. The number of hydrogen-bond acceptors (Lipinski definition) is 7. The first-order valence-corrected chi connectivity index (χ1v) is 12.6. The van der Waals surface area contributed by atoms with Gasteiger partial charge in [-0.05, 0) is 30.7 Å². The lowest BCUT2D eigenvalue weighted by Gasteiger charge is -2.29. The van der Waals surface area contributed by atoms with E-state index >= 15 is 0 Å². The fraction of sp³-hybridized carbons (Fsp3) is 0.370. The molecular formula is C27H24F3N5O3. The summed E-state index contributed by atoms with van der Waals surface area (Å²) in [7, 11) is 0. The van der Waals surface area contributed by atoms with Gasteiger partial charge in [0.25, 0.3) is 12.4 Å². The van der Waals surface area contributed by atoms with Crippen LogP contribution in [-0.4, -0.2) is 58.1 Å². The molecule has 5 heterocycles. The normalized spacial score (nSPS) is 22.3. The summed E-state index contributed by atoms with van der Waals surface area (Å²) in [6.45, 7) is 1.38. The zero-order valence-corrected chi connectivity index (χ0v) is 20.3. The largest absolute Gasteiger partial charge is 0.459 e. The predicted molar refractivity (Wildman–Crippen MR) is 135 cm³/mol. The van der Waals surface area contributed by atoms with Gasteiger partial charge in [0.15, 0.2) is 17.2 Å². The lowest BCUT2D eigenvalue weighted by atomic mass is 10.1. The van der Waals surface area contributed by atoms with Crippen LogP contribution in [0, 0.1) is 0 Å². The first-order valence-electron chi connectivity index (χ1n) is 12.6. The number of fused-ring (bicyclic) bond motifs is 4. The maximum atomic E-state index is 14.9. The second-order valence-electron chi connectivity index (χ2n) is 9.66. The van der Waals surface area contributed by atoms with E-state index in [-0.39, 0.29) is 12.7 Å². The number of imidazole rings is 1. The van der Waals surface area contributed by atoms with E-state index in [1.54, 1.807) is 12.1 Å². The Labute approximate surface area is 215 Å². The van der Waals surface area contributed by atoms with Crippen molar-refractivity contribution < 1.29 is 27.1 Å². The Balaban J connectivity index is 1.22. The van der Waals surface area contributed by atoms with Crippen molar-refractivity contribution in [3.05, 3.63) is 54.4 Å². The number of benzene rings is 2. The summed E-state index contributed by atoms with van der Waals surface area (Å²) in [5.74, 6) is -0.229. The molecule has 0 radical (unpaired) electrons. The highest BCUT2D eigenvalue weighted by Crippen LogP contribution is 2.37. The topological polar surface area (TPSA) is 78.4 Å². The van der Waals surface area contributed by atoms with E-state index in [2.05, 4.69) is 15.0 Å². The minimum absolute atomic E-state index is 0.0293. The molecule has 8 nitrogen and oxygen atoms in total. The molecule has 196 valence electrons. The molecule has 2 aromatic carbocycles. The van der Waals surface area contributed by atoms with Gasteiger partial charge in [0.2, 0.25) is 0 Å². The highest BCUT2D eigenvalue weighted by molar-refractivity contribution is 6.05. The standard InChI is InChI=1S/C27H24F3N5O3/c28-17-14-36-12-10-19(17)35-20-7-3-2-6-18(20)31-27(35)37-15-9-11-34(13-15)26-23-22(32-25(33-26)24(29)30)16-5-1-4-8-21(16)38-23/h1-8,15,17,19,24H,9-14H2/t15-,17?,19+/m0/s1. The van der Waals surface area contributed by atoms with Gasteiger partial charge in [0.1, 0.15) is 23.4 Å². The quantitative estimate of drug-likeness (QED) is 0.296. The van der Waals surface area contributed by atoms with E-state index in [1.165, 1.54) is 0 Å². The van der Waals surface area contributed by atoms with Crippen LogP contribution in [0.3, 0.4) is 0 Å². The monoisotopic (exact) mass is 523 g/mol. The third-order valence-electron chi connectivity index (χ3n) is 7.28. The number of nitrogens with zero attached hydrogens (tertiary/aromatic N) is 5. The molecule has 0 saturated carbocycles. The van der Waals surface area contributed by atoms with Crippen LogP contribution in [0.15, 0.2) is 52.9 Å². The average Bonchev–Trinajstić information content (AvgIpc) is 3.64. The number of ether oxygens (including phenoxy) is 2. The molecule has 2 aliphatic heterocycles. The Morgan fingerprint density at radius 1 is 1.00 bits per heavy atom. The summed E-state index contributed by atoms with van der Waals surface area (Å²) in [5.41, 5.74) is 2.81. The number of aromatic nitrogens is 4. The molecule has 7 rings (SSSR count). The molecule has 3 atom stereocenters. The third kappa shape index (κ3) is 3.84. The molecule has 0 bridgehead atoms. The maximum absolute atomic E-state index is 14.9. The lowest BCUT2D eigenvalue weighted by molar-refractivity contribution is 0.00125. The SMILES string of the molecule is FC(F)c1nc(N2CC[C@H](Oc3nc4ccccc4n3[C@@H]3CCOCC3F)C2)c2oc3ccccc3c2n1. The van der Waals surface area contributed by atoms with Crippen LogP contribution in [0.4, 0.5) is 19.0 Å². The zero-order chi connectivity index (χ0) is 25.8. The van der Waals surface area contributed by atoms with Crippen molar-refractivity contribution in [3.63, 3.8) is 0 Å². The molecule has 2 fully saturated rings. The summed E-state index contributed by atoms with van der Waals surface area (Å²) in [6, 6.07) is 14.6. The first kappa shape index (κ1) is 23.3. The molecule has 2 saturated heterocycles. The third-order valence-corrected chi connectivity index (χ3v) is 7.28. The average molecular weight is 524 g/mol. The highest BCUT2D eigenvalue weighted by atomic mass is 19.3. The van der Waals surface area contributed by atoms with Gasteiger partial charge in [0.05, 0.1) is 30.2 Å². The van der Waals surface area contributed by atoms with Crippen molar-refractivity contribution in [1.82, 2.24) is 19.5 Å². The molecule has 0 spiro atoms. The van der Waals surface area contributed by atoms with Crippen LogP contribution in [0.1, 0.15) is 31.1 Å². The number of furan rings is 1. The van der Waals surface area contributed by atoms with Crippen LogP contribution in [0.25, 0.3) is 33.1 Å². The number of halogens is 3. The highest BCUT2D eigenvalue weighted by Gasteiger charge is 2.34. The van der Waals surface area contributed by atoms with Crippen molar-refractivity contribution in [1.29, 1.82) is 0 Å². The molecule has 0 N–H and O–H groups in total. The summed E-state index contributed by atoms with van der Waals surface area (Å²) in [5, 5.41) is 0.658.